The van der Waals surface area contributed by atoms with E-state index in [4.69, 9.17) is 0 Å². The summed E-state index contributed by atoms with van der Waals surface area (Å²) in [5.41, 5.74) is 0. The molecule has 2 aliphatic rings. The van der Waals surface area contributed by atoms with E-state index in [-0.39, 0.29) is 24.0 Å². The van der Waals surface area contributed by atoms with Gasteiger partial charge in [-0.15, -0.1) is 24.0 Å². The zero-order valence-electron chi connectivity index (χ0n) is 16.2. The van der Waals surface area contributed by atoms with Crippen LogP contribution < -0.4 is 10.6 Å². The van der Waals surface area contributed by atoms with E-state index in [1.165, 1.54) is 45.1 Å². The Balaban J connectivity index is 0.00000288. The van der Waals surface area contributed by atoms with Crippen molar-refractivity contribution in [1.29, 1.82) is 0 Å². The first-order valence-corrected chi connectivity index (χ1v) is 9.87. The first-order chi connectivity index (χ1) is 11.2. The van der Waals surface area contributed by atoms with Crippen molar-refractivity contribution >= 4 is 29.9 Å². The third kappa shape index (κ3) is 7.89. The average molecular weight is 450 g/mol. The van der Waals surface area contributed by atoms with Crippen LogP contribution in [0.15, 0.2) is 4.99 Å². The highest BCUT2D eigenvalue weighted by Gasteiger charge is 2.41. The van der Waals surface area contributed by atoms with E-state index in [0.717, 1.165) is 43.3 Å². The van der Waals surface area contributed by atoms with E-state index in [9.17, 15) is 0 Å². The highest BCUT2D eigenvalue weighted by Crippen LogP contribution is 2.48. The third-order valence-corrected chi connectivity index (χ3v) is 5.57. The molecule has 0 aromatic carbocycles. The predicted molar refractivity (Wildman–Crippen MR) is 115 cm³/mol. The van der Waals surface area contributed by atoms with Crippen molar-refractivity contribution in [3.8, 4) is 0 Å². The van der Waals surface area contributed by atoms with Gasteiger partial charge < -0.3 is 15.5 Å². The second kappa shape index (κ2) is 11.6. The summed E-state index contributed by atoms with van der Waals surface area (Å²) in [6.07, 6.45) is 8.27. The Morgan fingerprint density at radius 2 is 1.71 bits per heavy atom. The molecule has 2 N–H and O–H groups in total. The first kappa shape index (κ1) is 22.0. The topological polar surface area (TPSA) is 39.7 Å². The molecule has 0 bridgehead atoms. The second-order valence-corrected chi connectivity index (χ2v) is 7.51. The number of rotatable bonds is 11. The van der Waals surface area contributed by atoms with Crippen LogP contribution in [0.3, 0.4) is 0 Å². The minimum absolute atomic E-state index is 0. The van der Waals surface area contributed by atoms with Gasteiger partial charge in [0.2, 0.25) is 0 Å². The molecule has 2 rings (SSSR count). The maximum absolute atomic E-state index is 4.42. The molecule has 2 aliphatic carbocycles. The second-order valence-electron chi connectivity index (χ2n) is 7.51. The van der Waals surface area contributed by atoms with Gasteiger partial charge in [0, 0.05) is 19.6 Å². The van der Waals surface area contributed by atoms with E-state index in [1.54, 1.807) is 0 Å². The van der Waals surface area contributed by atoms with Gasteiger partial charge in [0.15, 0.2) is 5.96 Å². The Hall–Kier alpha value is -0.0400. The van der Waals surface area contributed by atoms with Crippen LogP contribution in [0.4, 0.5) is 0 Å². The summed E-state index contributed by atoms with van der Waals surface area (Å²) >= 11 is 0. The molecular weight excluding hydrogens is 411 g/mol. The largest absolute Gasteiger partial charge is 0.356 e. The Labute approximate surface area is 166 Å². The maximum atomic E-state index is 4.42. The van der Waals surface area contributed by atoms with Crippen LogP contribution in [0.5, 0.6) is 0 Å². The average Bonchev–Trinajstić information content (AvgIpc) is 3.44. The molecule has 142 valence electrons. The maximum Gasteiger partial charge on any atom is 0.191 e. The molecule has 0 radical (unpaired) electrons. The number of aliphatic imine (C=N–C) groups is 1. The molecule has 4 nitrogen and oxygen atoms in total. The standard InChI is InChI=1S/C19H38N4.HI/c1-5-23(6-2)13-7-8-15(3)22-19(20-4)21-14-18(16-9-10-16)17-11-12-17;/h15-18H,5-14H2,1-4H3,(H2,20,21,22);1H. The van der Waals surface area contributed by atoms with Crippen molar-refractivity contribution in [3.05, 3.63) is 0 Å². The first-order valence-electron chi connectivity index (χ1n) is 9.87. The van der Waals surface area contributed by atoms with Gasteiger partial charge in [-0.05, 0) is 82.8 Å². The van der Waals surface area contributed by atoms with Crippen LogP contribution in [0, 0.1) is 17.8 Å². The summed E-state index contributed by atoms with van der Waals surface area (Å²) in [5, 5.41) is 7.16. The number of hydrogen-bond donors (Lipinski definition) is 2. The lowest BCUT2D eigenvalue weighted by molar-refractivity contribution is 0.292. The number of guanidine groups is 1. The molecule has 0 aromatic heterocycles. The van der Waals surface area contributed by atoms with Crippen molar-refractivity contribution in [2.24, 2.45) is 22.7 Å². The van der Waals surface area contributed by atoms with E-state index >= 15 is 0 Å². The lowest BCUT2D eigenvalue weighted by atomic mass is 9.98. The normalized spacial score (nSPS) is 19.3. The molecule has 2 saturated carbocycles. The Morgan fingerprint density at radius 3 is 2.17 bits per heavy atom. The Bertz CT molecular complexity index is 350. The van der Waals surface area contributed by atoms with Gasteiger partial charge in [-0.1, -0.05) is 13.8 Å². The van der Waals surface area contributed by atoms with Crippen molar-refractivity contribution in [1.82, 2.24) is 15.5 Å². The van der Waals surface area contributed by atoms with E-state index in [2.05, 4.69) is 41.3 Å². The van der Waals surface area contributed by atoms with Crippen LogP contribution >= 0.6 is 24.0 Å². The van der Waals surface area contributed by atoms with Gasteiger partial charge in [0.05, 0.1) is 0 Å². The molecule has 5 heteroatoms. The molecule has 1 unspecified atom stereocenters. The summed E-state index contributed by atoms with van der Waals surface area (Å²) < 4.78 is 0. The van der Waals surface area contributed by atoms with Gasteiger partial charge in [0.1, 0.15) is 0 Å². The van der Waals surface area contributed by atoms with Crippen LogP contribution in [0.1, 0.15) is 59.3 Å². The van der Waals surface area contributed by atoms with Crippen molar-refractivity contribution < 1.29 is 0 Å². The molecule has 0 saturated heterocycles. The number of halogens is 1. The number of nitrogens with one attached hydrogen (secondary N) is 2. The zero-order valence-corrected chi connectivity index (χ0v) is 18.5. The number of nitrogens with zero attached hydrogens (tertiary/aromatic N) is 2. The Kier molecular flexibility index (Phi) is 10.6. The smallest absolute Gasteiger partial charge is 0.191 e. The predicted octanol–water partition coefficient (Wildman–Crippen LogP) is 3.72. The van der Waals surface area contributed by atoms with Crippen molar-refractivity contribution in [2.45, 2.75) is 65.3 Å². The summed E-state index contributed by atoms with van der Waals surface area (Å²) in [6, 6.07) is 0.483. The summed E-state index contributed by atoms with van der Waals surface area (Å²) in [5.74, 6) is 3.89. The van der Waals surface area contributed by atoms with Crippen molar-refractivity contribution in [3.63, 3.8) is 0 Å². The van der Waals surface area contributed by atoms with Crippen LogP contribution in [0.25, 0.3) is 0 Å². The van der Waals surface area contributed by atoms with E-state index in [1.807, 2.05) is 7.05 Å². The monoisotopic (exact) mass is 450 g/mol. The lowest BCUT2D eigenvalue weighted by Crippen LogP contribution is -2.44. The zero-order chi connectivity index (χ0) is 16.7. The van der Waals surface area contributed by atoms with E-state index < -0.39 is 0 Å². The van der Waals surface area contributed by atoms with Gasteiger partial charge in [-0.3, -0.25) is 4.99 Å². The molecule has 1 atom stereocenters. The van der Waals surface area contributed by atoms with E-state index in [0.29, 0.717) is 6.04 Å². The lowest BCUT2D eigenvalue weighted by Gasteiger charge is -2.23. The third-order valence-electron chi connectivity index (χ3n) is 5.57. The minimum atomic E-state index is 0. The van der Waals surface area contributed by atoms with Crippen LogP contribution in [0.2, 0.25) is 0 Å². The molecule has 0 aliphatic heterocycles. The number of hydrogen-bond acceptors (Lipinski definition) is 2. The SMILES string of the molecule is CCN(CC)CCCC(C)NC(=NC)NCC(C1CC1)C1CC1.I. The quantitative estimate of drug-likeness (QED) is 0.286. The molecule has 2 fully saturated rings. The highest BCUT2D eigenvalue weighted by atomic mass is 127. The fourth-order valence-electron chi connectivity index (χ4n) is 3.64. The molecular formula is C19H39IN4. The van der Waals surface area contributed by atoms with Gasteiger partial charge >= 0.3 is 0 Å². The molecule has 0 aromatic rings. The minimum Gasteiger partial charge on any atom is -0.356 e. The van der Waals surface area contributed by atoms with Crippen LogP contribution in [-0.2, 0) is 0 Å². The highest BCUT2D eigenvalue weighted by molar-refractivity contribution is 14.0. The van der Waals surface area contributed by atoms with Crippen LogP contribution in [-0.4, -0.2) is 50.1 Å². The van der Waals surface area contributed by atoms with Gasteiger partial charge in [-0.25, -0.2) is 0 Å². The molecule has 0 heterocycles. The fraction of sp³-hybridized carbons (Fsp3) is 0.947. The summed E-state index contributed by atoms with van der Waals surface area (Å²) in [6.45, 7) is 11.4. The Morgan fingerprint density at radius 1 is 1.12 bits per heavy atom. The van der Waals surface area contributed by atoms with Gasteiger partial charge in [0.25, 0.3) is 0 Å². The summed E-state index contributed by atoms with van der Waals surface area (Å²) in [4.78, 5) is 6.91. The summed E-state index contributed by atoms with van der Waals surface area (Å²) in [7, 11) is 1.89. The molecule has 0 spiro atoms. The fourth-order valence-corrected chi connectivity index (χ4v) is 3.64. The van der Waals surface area contributed by atoms with Gasteiger partial charge in [-0.2, -0.15) is 0 Å². The molecule has 0 amide bonds. The van der Waals surface area contributed by atoms with Crippen molar-refractivity contribution in [2.75, 3.05) is 33.2 Å². The molecule has 24 heavy (non-hydrogen) atoms.